The first kappa shape index (κ1) is 44.7. The van der Waals surface area contributed by atoms with Gasteiger partial charge in [0.05, 0.1) is 5.56 Å². The van der Waals surface area contributed by atoms with E-state index in [-0.39, 0.29) is 23.3 Å². The fraction of sp³-hybridized carbons (Fsp3) is 0.400. The van der Waals surface area contributed by atoms with Gasteiger partial charge in [-0.25, -0.2) is 9.59 Å². The number of ether oxygens (including phenoxy) is 2. The molecule has 53 heavy (non-hydrogen) atoms. The lowest BCUT2D eigenvalue weighted by Crippen LogP contribution is -2.75. The summed E-state index contributed by atoms with van der Waals surface area (Å²) in [5, 5.41) is 0. The van der Waals surface area contributed by atoms with E-state index in [2.05, 4.69) is 9.47 Å². The van der Waals surface area contributed by atoms with E-state index < -0.39 is 84.3 Å². The first-order valence-corrected chi connectivity index (χ1v) is 13.7. The van der Waals surface area contributed by atoms with E-state index in [1.807, 2.05) is 0 Å². The molecule has 2 aromatic rings. The highest BCUT2D eigenvalue weighted by atomic mass is 19.4. The number of benzene rings is 2. The van der Waals surface area contributed by atoms with E-state index in [1.54, 1.807) is 6.92 Å². The second-order valence-corrected chi connectivity index (χ2v) is 10.8. The SMILES string of the molecule is Cc1ccc(/C=C/C(=O)OCC(F)(F)C(F)(F)C(F)(F)C(F)(F)C(F)(F)C(F)(F)C(F)(F)C(F)(F)COC(=O)/C=C/c2ccc(C(F)(F)F)cc2)cc1. The summed E-state index contributed by atoms with van der Waals surface area (Å²) in [7, 11) is 0. The summed E-state index contributed by atoms with van der Waals surface area (Å²) in [4.78, 5) is 23.1. The van der Waals surface area contributed by atoms with Crippen LogP contribution in [0.3, 0.4) is 0 Å². The fourth-order valence-corrected chi connectivity index (χ4v) is 3.64. The van der Waals surface area contributed by atoms with E-state index in [4.69, 9.17) is 0 Å². The molecule has 0 amide bonds. The van der Waals surface area contributed by atoms with Gasteiger partial charge in [-0.05, 0) is 42.3 Å². The van der Waals surface area contributed by atoms with Gasteiger partial charge in [0.2, 0.25) is 0 Å². The molecule has 0 aromatic heterocycles. The number of hydrogen-bond donors (Lipinski definition) is 0. The Balaban J connectivity index is 2.27. The molecule has 0 spiro atoms. The molecule has 0 saturated carbocycles. The summed E-state index contributed by atoms with van der Waals surface area (Å²) in [6, 6.07) is 7.57. The van der Waals surface area contributed by atoms with Gasteiger partial charge in [0.15, 0.2) is 13.2 Å². The number of hydrogen-bond acceptors (Lipinski definition) is 4. The zero-order valence-corrected chi connectivity index (χ0v) is 25.7. The first-order chi connectivity index (χ1) is 23.7. The molecule has 0 atom stereocenters. The van der Waals surface area contributed by atoms with Gasteiger partial charge >= 0.3 is 65.5 Å². The van der Waals surface area contributed by atoms with Gasteiger partial charge in [-0.3, -0.25) is 0 Å². The Morgan fingerprint density at radius 3 is 1.06 bits per heavy atom. The third-order valence-electron chi connectivity index (χ3n) is 6.82. The molecule has 2 aromatic carbocycles. The summed E-state index contributed by atoms with van der Waals surface area (Å²) in [6.45, 7) is -5.18. The first-order valence-electron chi connectivity index (χ1n) is 13.7. The Morgan fingerprint density at radius 1 is 0.472 bits per heavy atom. The minimum atomic E-state index is -8.75. The van der Waals surface area contributed by atoms with Gasteiger partial charge in [0.1, 0.15) is 0 Å². The van der Waals surface area contributed by atoms with Gasteiger partial charge < -0.3 is 9.47 Å². The van der Waals surface area contributed by atoms with Crippen LogP contribution in [0.4, 0.5) is 83.4 Å². The standard InChI is InChI=1S/C30H19F19O4/c1-16-2-4-17(5-3-16)8-12-20(50)52-14-22(31,32)25(38,39)27(42,43)29(46,47)30(48,49)28(44,45)26(40,41)23(33,34)15-53-21(51)13-9-18-6-10-19(11-7-18)24(35,36)37/h2-13H,14-15H2,1H3/b12-8+,13-9+. The fourth-order valence-electron chi connectivity index (χ4n) is 3.64. The van der Waals surface area contributed by atoms with Gasteiger partial charge in [-0.2, -0.15) is 83.4 Å². The molecule has 0 saturated heterocycles. The zero-order valence-electron chi connectivity index (χ0n) is 25.7. The lowest BCUT2D eigenvalue weighted by atomic mass is 9.88. The van der Waals surface area contributed by atoms with Crippen LogP contribution in [0, 0.1) is 6.92 Å². The molecule has 0 heterocycles. The smallest absolute Gasteiger partial charge is 0.416 e. The van der Waals surface area contributed by atoms with Crippen LogP contribution in [-0.2, 0) is 25.2 Å². The molecule has 0 aliphatic carbocycles. The molecule has 23 heteroatoms. The van der Waals surface area contributed by atoms with Crippen LogP contribution >= 0.6 is 0 Å². The third kappa shape index (κ3) is 8.68. The van der Waals surface area contributed by atoms with Crippen LogP contribution in [0.15, 0.2) is 60.7 Å². The van der Waals surface area contributed by atoms with Crippen molar-refractivity contribution in [2.24, 2.45) is 0 Å². The predicted molar refractivity (Wildman–Crippen MR) is 142 cm³/mol. The predicted octanol–water partition coefficient (Wildman–Crippen LogP) is 9.91. The second-order valence-electron chi connectivity index (χ2n) is 10.8. The van der Waals surface area contributed by atoms with Gasteiger partial charge in [0.25, 0.3) is 0 Å². The minimum absolute atomic E-state index is 0.0296. The van der Waals surface area contributed by atoms with E-state index in [1.165, 1.54) is 24.3 Å². The molecule has 296 valence electrons. The lowest BCUT2D eigenvalue weighted by molar-refractivity contribution is -0.454. The van der Waals surface area contributed by atoms with Gasteiger partial charge in [0, 0.05) is 12.2 Å². The van der Waals surface area contributed by atoms with Crippen molar-refractivity contribution in [2.45, 2.75) is 60.5 Å². The molecule has 0 N–H and O–H groups in total. The van der Waals surface area contributed by atoms with Crippen LogP contribution in [0.5, 0.6) is 0 Å². The number of carbonyl (C=O) groups is 2. The van der Waals surface area contributed by atoms with Gasteiger partial charge in [-0.15, -0.1) is 0 Å². The highest BCUT2D eigenvalue weighted by Gasteiger charge is 2.95. The molecular weight excluding hydrogens is 785 g/mol. The zero-order chi connectivity index (χ0) is 41.3. The molecule has 0 aliphatic rings. The van der Waals surface area contributed by atoms with Crippen LogP contribution in [0.1, 0.15) is 22.3 Å². The molecular formula is C30H19F19O4. The van der Waals surface area contributed by atoms with Crippen molar-refractivity contribution in [1.29, 1.82) is 0 Å². The summed E-state index contributed by atoms with van der Waals surface area (Å²) >= 11 is 0. The van der Waals surface area contributed by atoms with E-state index in [0.29, 0.717) is 35.9 Å². The van der Waals surface area contributed by atoms with Crippen molar-refractivity contribution in [3.63, 3.8) is 0 Å². The number of esters is 2. The topological polar surface area (TPSA) is 52.6 Å². The number of halogens is 19. The Kier molecular flexibility index (Phi) is 12.4. The monoisotopic (exact) mass is 804 g/mol. The molecule has 2 rings (SSSR count). The molecule has 0 aliphatic heterocycles. The molecule has 0 bridgehead atoms. The Labute approximate surface area is 283 Å². The molecule has 0 unspecified atom stereocenters. The quantitative estimate of drug-likeness (QED) is 0.102. The van der Waals surface area contributed by atoms with E-state index in [9.17, 15) is 93.0 Å². The summed E-state index contributed by atoms with van der Waals surface area (Å²) in [6.07, 6.45) is -3.46. The average molecular weight is 804 g/mol. The molecule has 0 fully saturated rings. The van der Waals surface area contributed by atoms with Crippen LogP contribution < -0.4 is 0 Å². The second kappa shape index (κ2) is 14.7. The number of rotatable bonds is 15. The van der Waals surface area contributed by atoms with E-state index >= 15 is 0 Å². The maximum absolute atomic E-state index is 14.2. The normalized spacial score (nSPS) is 14.6. The summed E-state index contributed by atoms with van der Waals surface area (Å²) in [5.41, 5.74) is -0.802. The third-order valence-corrected chi connectivity index (χ3v) is 6.82. The van der Waals surface area contributed by atoms with Crippen molar-refractivity contribution >= 4 is 24.1 Å². The highest BCUT2D eigenvalue weighted by Crippen LogP contribution is 2.63. The minimum Gasteiger partial charge on any atom is -0.456 e. The van der Waals surface area contributed by atoms with Crippen LogP contribution in [-0.4, -0.2) is 72.5 Å². The largest absolute Gasteiger partial charge is 0.456 e. The van der Waals surface area contributed by atoms with E-state index in [0.717, 1.165) is 6.08 Å². The maximum atomic E-state index is 14.2. The highest BCUT2D eigenvalue weighted by molar-refractivity contribution is 5.87. The van der Waals surface area contributed by atoms with Crippen LogP contribution in [0.25, 0.3) is 12.2 Å². The molecule has 0 radical (unpaired) electrons. The van der Waals surface area contributed by atoms with Gasteiger partial charge in [-0.1, -0.05) is 42.0 Å². The summed E-state index contributed by atoms with van der Waals surface area (Å²) < 4.78 is 271. The Hall–Kier alpha value is -4.47. The van der Waals surface area contributed by atoms with Crippen molar-refractivity contribution in [1.82, 2.24) is 0 Å². The Morgan fingerprint density at radius 2 is 0.755 bits per heavy atom. The summed E-state index contributed by atoms with van der Waals surface area (Å²) in [5.74, 6) is -68.7. The van der Waals surface area contributed by atoms with Crippen molar-refractivity contribution in [2.75, 3.05) is 13.2 Å². The maximum Gasteiger partial charge on any atom is 0.416 e. The number of aryl methyl sites for hydroxylation is 1. The average Bonchev–Trinajstić information content (AvgIpc) is 3.04. The van der Waals surface area contributed by atoms with Crippen molar-refractivity contribution < 1.29 is 102 Å². The molecule has 4 nitrogen and oxygen atoms in total. The van der Waals surface area contributed by atoms with Crippen molar-refractivity contribution in [3.05, 3.63) is 82.9 Å². The lowest BCUT2D eigenvalue weighted by Gasteiger charge is -2.43. The number of alkyl halides is 19. The Bertz CT molecular complexity index is 1660. The number of carbonyl (C=O) groups excluding carboxylic acids is 2. The van der Waals surface area contributed by atoms with Crippen molar-refractivity contribution in [3.8, 4) is 0 Å². The van der Waals surface area contributed by atoms with Crippen LogP contribution in [0.2, 0.25) is 0 Å².